The smallest absolute Gasteiger partial charge is 0.360 e. The van der Waals surface area contributed by atoms with E-state index in [-0.39, 0.29) is 18.3 Å². The molecular weight excluding hydrogens is 365 g/mol. The summed E-state index contributed by atoms with van der Waals surface area (Å²) in [6.45, 7) is -0.217. The third-order valence-corrected chi connectivity index (χ3v) is 4.08. The van der Waals surface area contributed by atoms with Crippen molar-refractivity contribution < 1.29 is 27.0 Å². The molecule has 10 heteroatoms. The molecule has 1 N–H and O–H groups in total. The first kappa shape index (κ1) is 17.3. The standard InChI is InChI=1S/C17H13F3N4O3/c18-17(19,20)11-4-2-1-3-10(11)16(25)21-8-14-22-15(24-27-14)12-7-13(26-23-12)9-5-6-9/h1-4,7,9H,5-6,8H2,(H,21,25). The molecule has 2 heterocycles. The van der Waals surface area contributed by atoms with Gasteiger partial charge in [0.2, 0.25) is 11.7 Å². The number of benzene rings is 1. The van der Waals surface area contributed by atoms with Crippen LogP contribution >= 0.6 is 0 Å². The number of nitrogens with zero attached hydrogens (tertiary/aromatic N) is 3. The van der Waals surface area contributed by atoms with Crippen LogP contribution in [0, 0.1) is 0 Å². The van der Waals surface area contributed by atoms with Gasteiger partial charge >= 0.3 is 6.18 Å². The topological polar surface area (TPSA) is 94.1 Å². The Morgan fingerprint density at radius 1 is 1.19 bits per heavy atom. The number of nitrogens with one attached hydrogen (secondary N) is 1. The van der Waals surface area contributed by atoms with Crippen LogP contribution in [0.5, 0.6) is 0 Å². The highest BCUT2D eigenvalue weighted by Gasteiger charge is 2.35. The number of rotatable bonds is 5. The normalized spacial score (nSPS) is 14.3. The van der Waals surface area contributed by atoms with E-state index in [0.717, 1.165) is 30.7 Å². The fraction of sp³-hybridized carbons (Fsp3) is 0.294. The summed E-state index contributed by atoms with van der Waals surface area (Å²) in [6, 6.07) is 6.26. The van der Waals surface area contributed by atoms with Gasteiger partial charge in [0, 0.05) is 12.0 Å². The monoisotopic (exact) mass is 378 g/mol. The fourth-order valence-electron chi connectivity index (χ4n) is 2.57. The third kappa shape index (κ3) is 3.69. The van der Waals surface area contributed by atoms with Crippen molar-refractivity contribution in [3.63, 3.8) is 0 Å². The number of amides is 1. The molecule has 0 bridgehead atoms. The van der Waals surface area contributed by atoms with E-state index in [1.807, 2.05) is 0 Å². The lowest BCUT2D eigenvalue weighted by Crippen LogP contribution is -2.26. The van der Waals surface area contributed by atoms with Gasteiger partial charge in [-0.05, 0) is 25.0 Å². The van der Waals surface area contributed by atoms with Gasteiger partial charge in [0.1, 0.15) is 5.76 Å². The van der Waals surface area contributed by atoms with Gasteiger partial charge in [-0.15, -0.1) is 0 Å². The van der Waals surface area contributed by atoms with Gasteiger partial charge in [0.05, 0.1) is 17.7 Å². The SMILES string of the molecule is O=C(NCc1nc(-c2cc(C3CC3)on2)no1)c1ccccc1C(F)(F)F. The zero-order chi connectivity index (χ0) is 19.0. The van der Waals surface area contributed by atoms with Gasteiger partial charge < -0.3 is 14.4 Å². The zero-order valence-electron chi connectivity index (χ0n) is 13.8. The van der Waals surface area contributed by atoms with E-state index >= 15 is 0 Å². The lowest BCUT2D eigenvalue weighted by Gasteiger charge is -2.11. The fourth-order valence-corrected chi connectivity index (χ4v) is 2.57. The summed E-state index contributed by atoms with van der Waals surface area (Å²) in [6.07, 6.45) is -2.52. The maximum Gasteiger partial charge on any atom is 0.417 e. The predicted octanol–water partition coefficient (Wildman–Crippen LogP) is 3.55. The molecule has 1 fully saturated rings. The summed E-state index contributed by atoms with van der Waals surface area (Å²) >= 11 is 0. The summed E-state index contributed by atoms with van der Waals surface area (Å²) in [5, 5.41) is 9.96. The van der Waals surface area contributed by atoms with Crippen molar-refractivity contribution in [1.82, 2.24) is 20.6 Å². The van der Waals surface area contributed by atoms with Crippen LogP contribution in [0.1, 0.15) is 46.3 Å². The van der Waals surface area contributed by atoms with Crippen molar-refractivity contribution in [2.45, 2.75) is 31.5 Å². The molecule has 0 atom stereocenters. The number of hydrogen-bond acceptors (Lipinski definition) is 6. The number of carbonyl (C=O) groups is 1. The Kier molecular flexibility index (Phi) is 4.17. The molecule has 0 saturated heterocycles. The number of hydrogen-bond donors (Lipinski definition) is 1. The number of aromatic nitrogens is 3. The average Bonchev–Trinajstić information content (AvgIpc) is 3.18. The minimum absolute atomic E-state index is 0.0406. The molecule has 0 spiro atoms. The van der Waals surface area contributed by atoms with E-state index < -0.39 is 23.2 Å². The minimum atomic E-state index is -4.63. The van der Waals surface area contributed by atoms with Crippen molar-refractivity contribution in [2.75, 3.05) is 0 Å². The molecule has 1 aliphatic rings. The second-order valence-corrected chi connectivity index (χ2v) is 6.13. The Morgan fingerprint density at radius 3 is 2.70 bits per heavy atom. The van der Waals surface area contributed by atoms with E-state index in [1.54, 1.807) is 6.07 Å². The van der Waals surface area contributed by atoms with Crippen LogP contribution in [-0.4, -0.2) is 21.2 Å². The minimum Gasteiger partial charge on any atom is -0.360 e. The predicted molar refractivity (Wildman–Crippen MR) is 84.4 cm³/mol. The van der Waals surface area contributed by atoms with Crippen LogP contribution in [0.2, 0.25) is 0 Å². The molecule has 2 aromatic heterocycles. The summed E-state index contributed by atoms with van der Waals surface area (Å²) in [4.78, 5) is 16.2. The van der Waals surface area contributed by atoms with Crippen LogP contribution < -0.4 is 5.32 Å². The number of alkyl halides is 3. The highest BCUT2D eigenvalue weighted by Crippen LogP contribution is 2.41. The summed E-state index contributed by atoms with van der Waals surface area (Å²) < 4.78 is 49.2. The second kappa shape index (κ2) is 6.53. The highest BCUT2D eigenvalue weighted by atomic mass is 19.4. The van der Waals surface area contributed by atoms with E-state index in [2.05, 4.69) is 20.6 Å². The quantitative estimate of drug-likeness (QED) is 0.730. The molecule has 7 nitrogen and oxygen atoms in total. The van der Waals surface area contributed by atoms with Crippen molar-refractivity contribution >= 4 is 5.91 Å². The molecule has 1 aromatic carbocycles. The molecule has 1 aliphatic carbocycles. The Morgan fingerprint density at radius 2 is 1.96 bits per heavy atom. The second-order valence-electron chi connectivity index (χ2n) is 6.13. The molecule has 1 saturated carbocycles. The number of carbonyl (C=O) groups excluding carboxylic acids is 1. The molecule has 27 heavy (non-hydrogen) atoms. The molecule has 3 aromatic rings. The van der Waals surface area contributed by atoms with Crippen LogP contribution in [0.15, 0.2) is 39.4 Å². The van der Waals surface area contributed by atoms with Gasteiger partial charge in [-0.25, -0.2) is 0 Å². The van der Waals surface area contributed by atoms with E-state index in [4.69, 9.17) is 9.05 Å². The Bertz CT molecular complexity index is 976. The first-order valence-electron chi connectivity index (χ1n) is 8.16. The van der Waals surface area contributed by atoms with Gasteiger partial charge in [-0.1, -0.05) is 22.4 Å². The van der Waals surface area contributed by atoms with Crippen LogP contribution in [0.25, 0.3) is 11.5 Å². The van der Waals surface area contributed by atoms with Crippen LogP contribution in [-0.2, 0) is 12.7 Å². The molecule has 1 amide bonds. The Labute approximate surface area is 150 Å². The highest BCUT2D eigenvalue weighted by molar-refractivity contribution is 5.95. The van der Waals surface area contributed by atoms with Crippen LogP contribution in [0.4, 0.5) is 13.2 Å². The average molecular weight is 378 g/mol. The van der Waals surface area contributed by atoms with Gasteiger partial charge in [-0.3, -0.25) is 4.79 Å². The summed E-state index contributed by atoms with van der Waals surface area (Å²) in [5.74, 6) is 0.476. The molecule has 4 rings (SSSR count). The maximum atomic E-state index is 13.0. The van der Waals surface area contributed by atoms with Crippen LogP contribution in [0.3, 0.4) is 0 Å². The lowest BCUT2D eigenvalue weighted by molar-refractivity contribution is -0.137. The van der Waals surface area contributed by atoms with E-state index in [1.165, 1.54) is 12.1 Å². The van der Waals surface area contributed by atoms with Crippen molar-refractivity contribution in [3.8, 4) is 11.5 Å². The maximum absolute atomic E-state index is 13.0. The summed E-state index contributed by atoms with van der Waals surface area (Å²) in [7, 11) is 0. The first-order valence-corrected chi connectivity index (χ1v) is 8.16. The molecular formula is C17H13F3N4O3. The van der Waals surface area contributed by atoms with Crippen molar-refractivity contribution in [3.05, 3.63) is 53.1 Å². The van der Waals surface area contributed by atoms with Crippen molar-refractivity contribution in [1.29, 1.82) is 0 Å². The molecule has 0 unspecified atom stereocenters. The molecule has 0 aliphatic heterocycles. The summed E-state index contributed by atoms with van der Waals surface area (Å²) in [5.41, 5.74) is -1.08. The van der Waals surface area contributed by atoms with E-state index in [0.29, 0.717) is 11.6 Å². The largest absolute Gasteiger partial charge is 0.417 e. The molecule has 140 valence electrons. The number of halogens is 3. The van der Waals surface area contributed by atoms with Gasteiger partial charge in [0.15, 0.2) is 5.69 Å². The first-order chi connectivity index (χ1) is 12.9. The molecule has 0 radical (unpaired) electrons. The Balaban J connectivity index is 1.43. The van der Waals surface area contributed by atoms with Gasteiger partial charge in [0.25, 0.3) is 5.91 Å². The lowest BCUT2D eigenvalue weighted by atomic mass is 10.1. The van der Waals surface area contributed by atoms with Crippen molar-refractivity contribution in [2.24, 2.45) is 0 Å². The van der Waals surface area contributed by atoms with E-state index in [9.17, 15) is 18.0 Å². The zero-order valence-corrected chi connectivity index (χ0v) is 13.8. The Hall–Kier alpha value is -3.17. The van der Waals surface area contributed by atoms with Gasteiger partial charge in [-0.2, -0.15) is 18.2 Å². The third-order valence-electron chi connectivity index (χ3n) is 4.08.